The van der Waals surface area contributed by atoms with Crippen LogP contribution in [-0.2, 0) is 35.8 Å². The van der Waals surface area contributed by atoms with Gasteiger partial charge in [-0.1, -0.05) is 139 Å². The molecule has 29 nitrogen and oxygen atoms in total. The zero-order valence-corrected chi connectivity index (χ0v) is 80.9. The average molecular weight is 1790 g/mol. The molecule has 0 atom stereocenters. The molecular formula is C98H139ClN12O17. The molecule has 0 unspecified atom stereocenters. The number of aromatic nitrogens is 5. The molecule has 8 aromatic rings. The summed E-state index contributed by atoms with van der Waals surface area (Å²) in [6.07, 6.45) is 16.0. The van der Waals surface area contributed by atoms with Crippen molar-refractivity contribution in [2.45, 2.75) is 253 Å². The van der Waals surface area contributed by atoms with E-state index in [4.69, 9.17) is 30.0 Å². The number of fused-ring (bicyclic) bond motifs is 3. The first-order chi connectivity index (χ1) is 60.2. The summed E-state index contributed by atoms with van der Waals surface area (Å²) in [5, 5.41) is 28.9. The van der Waals surface area contributed by atoms with Crippen molar-refractivity contribution >= 4 is 103 Å². The Balaban J connectivity index is 0.000000315. The minimum absolute atomic E-state index is 0.0153. The lowest BCUT2D eigenvalue weighted by atomic mass is 9.77. The topological polar surface area (TPSA) is 373 Å². The van der Waals surface area contributed by atoms with Gasteiger partial charge in [-0.15, -0.1) is 0 Å². The number of likely N-dealkylation sites (N-methyl/N-ethyl adjacent to an activating group) is 1. The van der Waals surface area contributed by atoms with Crippen molar-refractivity contribution < 1.29 is 71.1 Å². The van der Waals surface area contributed by atoms with Gasteiger partial charge < -0.3 is 38.8 Å². The Morgan fingerprint density at radius 2 is 1.22 bits per heavy atom. The van der Waals surface area contributed by atoms with E-state index in [9.17, 15) is 58.1 Å². The zero-order valence-electron chi connectivity index (χ0n) is 80.1. The summed E-state index contributed by atoms with van der Waals surface area (Å²) in [5.41, 5.74) is 7.30. The van der Waals surface area contributed by atoms with Gasteiger partial charge in [0.1, 0.15) is 34.2 Å². The van der Waals surface area contributed by atoms with Gasteiger partial charge >= 0.3 is 11.3 Å². The summed E-state index contributed by atoms with van der Waals surface area (Å²) in [6, 6.07) is 22.1. The molecule has 30 heteroatoms. The molecule has 4 aromatic heterocycles. The van der Waals surface area contributed by atoms with Crippen LogP contribution in [-0.4, -0.2) is 161 Å². The van der Waals surface area contributed by atoms with E-state index < -0.39 is 16.0 Å². The van der Waals surface area contributed by atoms with E-state index in [1.165, 1.54) is 28.0 Å². The van der Waals surface area contributed by atoms with Crippen molar-refractivity contribution in [1.29, 1.82) is 0 Å². The monoisotopic (exact) mass is 1790 g/mol. The van der Waals surface area contributed by atoms with E-state index in [1.807, 2.05) is 91.7 Å². The number of amides is 6. The number of imide groups is 2. The van der Waals surface area contributed by atoms with E-state index in [0.717, 1.165) is 104 Å². The first-order valence-electron chi connectivity index (χ1n) is 44.4. The lowest BCUT2D eigenvalue weighted by Crippen LogP contribution is -2.52. The van der Waals surface area contributed by atoms with Crippen molar-refractivity contribution in [3.05, 3.63) is 173 Å². The lowest BCUT2D eigenvalue weighted by molar-refractivity contribution is -0.383. The van der Waals surface area contributed by atoms with Crippen LogP contribution in [0.2, 0.25) is 5.02 Å². The molecule has 2 N–H and O–H groups in total. The molecule has 6 heterocycles. The number of benzene rings is 4. The standard InChI is InChI=1S/C18H24N2O3.C17H23NO3.C14H19ClO2.C14H23NO2.C12H15N5O4.C12H18N2O.C11H17NO2/c1-12(2)7-8-19-17(21)9-13-10-18(22)23-16-11-14(20(3)4)5-6-15(13)16;1-11(2)8-9-18-15(19)13-10-12(21-5)6-7-14(13)17(3,4)16(18)20;1-10(2)5-4-6-13(16)12-9-11(15)7-8-14(12)17-3;1-5-12-11(4)9-15(14(12)17)13(16)8-6-7-10(2)3;1-7(2)13-10(18)6-16(3)8-4-5-9(17(19)20)12-11(8)14-21-15-12;1-9(2)5-4-6-12(15)11-8-13-10(3)7-14-11;1-8(2)5-4-6-11(13)10-7-9(3)14-12-10/h5-6,10-12H,7-9H2,1-4H3,(H,19,21);6-7,10-11H,8-9H2,1-5H3;7-10H,4-6H2,1-3H3;10H,5-9H2,1-4H3;4-5,7H,6H2,1-3H3,(H,13,18);7-9H,4-6H2,1-3H3;7-8H,4-6H2,1-3H3. The highest BCUT2D eigenvalue weighted by molar-refractivity contribution is 6.31. The second-order valence-electron chi connectivity index (χ2n) is 35.8. The number of ketones is 3. The number of non-ortho nitro benzene ring substituents is 1. The van der Waals surface area contributed by atoms with Gasteiger partial charge in [0.25, 0.3) is 11.8 Å². The molecule has 10 rings (SSSR count). The number of ether oxygens (including phenoxy) is 2. The largest absolute Gasteiger partial charge is 0.497 e. The molecule has 700 valence electrons. The Labute approximate surface area is 760 Å². The highest BCUT2D eigenvalue weighted by Crippen LogP contribution is 2.38. The van der Waals surface area contributed by atoms with Crippen LogP contribution in [0.1, 0.15) is 285 Å². The van der Waals surface area contributed by atoms with E-state index in [0.29, 0.717) is 142 Å². The van der Waals surface area contributed by atoms with Crippen molar-refractivity contribution in [3.63, 3.8) is 0 Å². The summed E-state index contributed by atoms with van der Waals surface area (Å²) < 4.78 is 25.1. The second kappa shape index (κ2) is 54.1. The number of Topliss-reactive ketones (excluding diaryl/α,β-unsaturated/α-hetero) is 3. The number of rotatable bonds is 36. The SMILES string of the molecule is CC(C)CCNC(=O)Cc1cc(=O)oc2cc(N(C)C)ccc12.CC(C)NC(=O)CN(C)c1ccc([N+](=O)[O-])c2nonc12.CCC1=C(C)CN(C(=O)CCCC(C)C)C1=O.COc1ccc(Cl)cc1C(=O)CCCC(C)C.COc1ccc2c(c1)C(=O)N(CCC(C)C)C(=O)C2(C)C.Cc1cc(C(=O)CCCC(C)C)no1.Cc1cnc(C(=O)CCCC(C)C)cn1. The van der Waals surface area contributed by atoms with Crippen LogP contribution >= 0.6 is 11.6 Å². The fourth-order valence-corrected chi connectivity index (χ4v) is 13.7. The minimum atomic E-state index is -0.688. The molecule has 4 aromatic carbocycles. The van der Waals surface area contributed by atoms with E-state index >= 15 is 0 Å². The summed E-state index contributed by atoms with van der Waals surface area (Å²) in [4.78, 5) is 145. The summed E-state index contributed by atoms with van der Waals surface area (Å²) in [5.74, 6) is 5.11. The van der Waals surface area contributed by atoms with Crippen LogP contribution in [0.3, 0.4) is 0 Å². The van der Waals surface area contributed by atoms with Crippen molar-refractivity contribution in [2.75, 3.05) is 71.3 Å². The summed E-state index contributed by atoms with van der Waals surface area (Å²) >= 11 is 5.89. The van der Waals surface area contributed by atoms with Crippen LogP contribution < -0.4 is 35.5 Å². The van der Waals surface area contributed by atoms with Crippen LogP contribution in [0.4, 0.5) is 17.1 Å². The van der Waals surface area contributed by atoms with Crippen LogP contribution in [0.5, 0.6) is 11.5 Å². The Morgan fingerprint density at radius 1 is 0.633 bits per heavy atom. The quantitative estimate of drug-likeness (QED) is 0.0121. The highest BCUT2D eigenvalue weighted by atomic mass is 35.5. The average Bonchev–Trinajstić information content (AvgIpc) is 0.930. The number of carbonyl (C=O) groups excluding carboxylic acids is 9. The number of methoxy groups -OCH3 is 2. The number of nitrogens with one attached hydrogen (secondary N) is 2. The number of halogens is 1. The van der Waals surface area contributed by atoms with Crippen LogP contribution in [0.25, 0.3) is 22.0 Å². The zero-order chi connectivity index (χ0) is 96.0. The second-order valence-corrected chi connectivity index (χ2v) is 36.2. The first-order valence-corrected chi connectivity index (χ1v) is 44.8. The Hall–Kier alpha value is -11.4. The highest BCUT2D eigenvalue weighted by Gasteiger charge is 2.44. The fraction of sp³-hybridized carbons (Fsp3) is 0.541. The maximum atomic E-state index is 12.7. The van der Waals surface area contributed by atoms with E-state index in [-0.39, 0.29) is 88.5 Å². The fourth-order valence-electron chi connectivity index (χ4n) is 13.5. The van der Waals surface area contributed by atoms with E-state index in [1.54, 1.807) is 81.9 Å². The smallest absolute Gasteiger partial charge is 0.336 e. The van der Waals surface area contributed by atoms with Gasteiger partial charge in [-0.05, 0) is 204 Å². The molecule has 0 saturated heterocycles. The maximum absolute atomic E-state index is 12.7. The maximum Gasteiger partial charge on any atom is 0.336 e. The van der Waals surface area contributed by atoms with Crippen molar-refractivity contribution in [3.8, 4) is 11.5 Å². The first kappa shape index (κ1) is 109. The van der Waals surface area contributed by atoms with Crippen molar-refractivity contribution in [2.24, 2.45) is 35.5 Å². The van der Waals surface area contributed by atoms with Gasteiger partial charge in [0.2, 0.25) is 29.1 Å². The number of nitrogens with zero attached hydrogens (tertiary/aromatic N) is 10. The minimum Gasteiger partial charge on any atom is -0.497 e. The third-order valence-electron chi connectivity index (χ3n) is 20.9. The van der Waals surface area contributed by atoms with Gasteiger partial charge in [-0.25, -0.2) is 14.4 Å². The number of hydrogen-bond acceptors (Lipinski definition) is 24. The molecule has 0 fully saturated rings. The number of anilines is 2. The van der Waals surface area contributed by atoms with Gasteiger partial charge in [0.05, 0.1) is 67.2 Å². The lowest BCUT2D eigenvalue weighted by Gasteiger charge is -2.37. The number of nitro benzene ring substituents is 1. The number of aryl methyl sites for hydroxylation is 2. The van der Waals surface area contributed by atoms with Crippen LogP contribution in [0, 0.1) is 59.5 Å². The van der Waals surface area contributed by atoms with Crippen LogP contribution in [0.15, 0.2) is 121 Å². The molecule has 2 aliphatic heterocycles. The molecule has 128 heavy (non-hydrogen) atoms. The van der Waals surface area contributed by atoms with Gasteiger partial charge in [-0.2, -0.15) is 0 Å². The molecule has 0 radical (unpaired) electrons. The third kappa shape index (κ3) is 36.1. The summed E-state index contributed by atoms with van der Waals surface area (Å²) in [7, 11) is 8.67. The Bertz CT molecular complexity index is 5080. The molecule has 6 amide bonds. The number of nitro groups is 1. The van der Waals surface area contributed by atoms with Gasteiger partial charge in [-0.3, -0.25) is 68.0 Å². The molecular weight excluding hydrogens is 1650 g/mol. The molecule has 2 aliphatic rings. The molecule has 0 spiro atoms. The van der Waals surface area contributed by atoms with Gasteiger partial charge in [0, 0.05) is 124 Å². The number of carbonyl (C=O) groups is 9. The third-order valence-corrected chi connectivity index (χ3v) is 21.1. The molecule has 0 saturated carbocycles. The summed E-state index contributed by atoms with van der Waals surface area (Å²) in [6.45, 7) is 42.4. The predicted octanol–water partition coefficient (Wildman–Crippen LogP) is 19.7. The molecule has 0 aliphatic carbocycles. The van der Waals surface area contributed by atoms with Crippen molar-refractivity contribution in [1.82, 2.24) is 45.9 Å². The molecule has 0 bridgehead atoms. The normalized spacial score (nSPS) is 12.6. The Kier molecular flexibility index (Phi) is 46.0. The van der Waals surface area contributed by atoms with Gasteiger partial charge in [0.15, 0.2) is 22.9 Å². The number of hydrogen-bond donors (Lipinski definition) is 2. The predicted molar refractivity (Wildman–Crippen MR) is 503 cm³/mol. The van der Waals surface area contributed by atoms with E-state index in [2.05, 4.69) is 124 Å². The Morgan fingerprint density at radius 3 is 1.74 bits per heavy atom.